The lowest BCUT2D eigenvalue weighted by molar-refractivity contribution is -0.114. The molecule has 0 unspecified atom stereocenters. The van der Waals surface area contributed by atoms with Crippen LogP contribution in [0.3, 0.4) is 0 Å². The summed E-state index contributed by atoms with van der Waals surface area (Å²) in [5.74, 6) is 1.23. The quantitative estimate of drug-likeness (QED) is 0.225. The van der Waals surface area contributed by atoms with Crippen molar-refractivity contribution in [3.8, 4) is 24.2 Å². The van der Waals surface area contributed by atoms with Crippen LogP contribution in [0.1, 0.15) is 49.9 Å². The van der Waals surface area contributed by atoms with Gasteiger partial charge in [0.2, 0.25) is 0 Å². The number of nitriles is 1. The maximum Gasteiger partial charge on any atom is 0.348 e. The van der Waals surface area contributed by atoms with Gasteiger partial charge in [-0.2, -0.15) is 5.26 Å². The minimum Gasteiger partial charge on any atom is -0.481 e. The summed E-state index contributed by atoms with van der Waals surface area (Å²) < 4.78 is 15.5. The molecule has 8 heteroatoms. The largest absolute Gasteiger partial charge is 0.481 e. The summed E-state index contributed by atoms with van der Waals surface area (Å²) in [7, 11) is 0. The van der Waals surface area contributed by atoms with Crippen LogP contribution >= 0.6 is 11.3 Å². The highest BCUT2D eigenvalue weighted by Crippen LogP contribution is 2.31. The lowest BCUT2D eigenvalue weighted by atomic mass is 10.0. The van der Waals surface area contributed by atoms with Crippen molar-refractivity contribution in [3.63, 3.8) is 0 Å². The Hall–Kier alpha value is -3.88. The van der Waals surface area contributed by atoms with E-state index in [2.05, 4.69) is 5.92 Å². The lowest BCUT2D eigenvalue weighted by Gasteiger charge is -2.05. The summed E-state index contributed by atoms with van der Waals surface area (Å²) in [5, 5.41) is 9.54. The molecule has 0 aliphatic rings. The van der Waals surface area contributed by atoms with Crippen molar-refractivity contribution >= 4 is 35.1 Å². The van der Waals surface area contributed by atoms with Gasteiger partial charge in [0.05, 0.1) is 24.4 Å². The first kappa shape index (κ1) is 25.4. The Bertz CT molecular complexity index is 1150. The van der Waals surface area contributed by atoms with Crippen LogP contribution in [0.4, 0.5) is 0 Å². The zero-order valence-electron chi connectivity index (χ0n) is 18.6. The number of Topliss-reactive ketones (excluding diaryl/α,β-unsaturated/α-hetero) is 1. The van der Waals surface area contributed by atoms with Crippen molar-refractivity contribution in [2.24, 2.45) is 0 Å². The number of carbonyl (C=O) groups excluding carboxylic acids is 3. The van der Waals surface area contributed by atoms with E-state index >= 15 is 0 Å². The van der Waals surface area contributed by atoms with Crippen LogP contribution in [-0.2, 0) is 20.7 Å². The number of benzene rings is 1. The Balaban J connectivity index is 2.34. The monoisotopic (exact) mass is 465 g/mol. The molecule has 170 valence electrons. The molecule has 2 aromatic rings. The van der Waals surface area contributed by atoms with E-state index in [0.717, 1.165) is 11.3 Å². The molecule has 0 bridgehead atoms. The fourth-order valence-corrected chi connectivity index (χ4v) is 4.11. The van der Waals surface area contributed by atoms with Crippen molar-refractivity contribution < 1.29 is 28.6 Å². The van der Waals surface area contributed by atoms with Crippen molar-refractivity contribution in [2.45, 2.75) is 27.2 Å². The molecule has 0 saturated heterocycles. The summed E-state index contributed by atoms with van der Waals surface area (Å²) in [5.41, 5.74) is 1.08. The van der Waals surface area contributed by atoms with Gasteiger partial charge in [0.15, 0.2) is 5.78 Å². The highest BCUT2D eigenvalue weighted by Gasteiger charge is 2.27. The van der Waals surface area contributed by atoms with Gasteiger partial charge in [-0.25, -0.2) is 9.59 Å². The Morgan fingerprint density at radius 2 is 1.73 bits per heavy atom. The van der Waals surface area contributed by atoms with Gasteiger partial charge in [-0.1, -0.05) is 18.1 Å². The summed E-state index contributed by atoms with van der Waals surface area (Å²) >= 11 is 0.995. The van der Waals surface area contributed by atoms with Crippen molar-refractivity contribution in [2.75, 3.05) is 19.8 Å². The van der Waals surface area contributed by atoms with Crippen LogP contribution in [-0.4, -0.2) is 37.5 Å². The molecule has 0 aliphatic carbocycles. The third-order valence-corrected chi connectivity index (χ3v) is 5.69. The second-order valence-electron chi connectivity index (χ2n) is 6.63. The van der Waals surface area contributed by atoms with Gasteiger partial charge in [-0.15, -0.1) is 17.8 Å². The molecular formula is C25H23NO6S. The standard InChI is InChI=1S/C25H23NO6S/c1-5-12-32-19-10-8-17(9-11-19)13-18(15-26)20(27)14-21-22(24(28)30-6-2)16(4)23(33-21)25(29)31-7-3/h1,8-11,13H,6-7,12,14H2,2-4H3/b18-13+. The van der Waals surface area contributed by atoms with E-state index in [0.29, 0.717) is 21.8 Å². The van der Waals surface area contributed by atoms with Crippen molar-refractivity contribution in [1.29, 1.82) is 5.26 Å². The fraction of sp³-hybridized carbons (Fsp3) is 0.280. The minimum atomic E-state index is -0.630. The summed E-state index contributed by atoms with van der Waals surface area (Å²) in [4.78, 5) is 38.3. The second-order valence-corrected chi connectivity index (χ2v) is 7.73. The molecule has 1 heterocycles. The second kappa shape index (κ2) is 12.2. The van der Waals surface area contributed by atoms with Crippen LogP contribution in [0.25, 0.3) is 6.08 Å². The van der Waals surface area contributed by atoms with E-state index in [-0.39, 0.29) is 42.3 Å². The van der Waals surface area contributed by atoms with Gasteiger partial charge in [-0.05, 0) is 50.1 Å². The van der Waals surface area contributed by atoms with Crippen molar-refractivity contribution in [1.82, 2.24) is 0 Å². The normalized spacial score (nSPS) is 10.6. The minimum absolute atomic E-state index is 0.0918. The van der Waals surface area contributed by atoms with Gasteiger partial charge in [0.25, 0.3) is 0 Å². The first-order valence-electron chi connectivity index (χ1n) is 10.1. The number of allylic oxidation sites excluding steroid dienone is 1. The average Bonchev–Trinajstić information content (AvgIpc) is 3.12. The first-order chi connectivity index (χ1) is 15.9. The predicted octanol–water partition coefficient (Wildman–Crippen LogP) is 4.14. The number of ether oxygens (including phenoxy) is 3. The third kappa shape index (κ3) is 6.55. The zero-order chi connectivity index (χ0) is 24.4. The molecule has 7 nitrogen and oxygen atoms in total. The number of rotatable bonds is 10. The summed E-state index contributed by atoms with van der Waals surface area (Å²) in [6.07, 6.45) is 6.38. The number of thiophene rings is 1. The molecule has 0 saturated carbocycles. The number of ketones is 1. The number of esters is 2. The lowest BCUT2D eigenvalue weighted by Crippen LogP contribution is -2.12. The van der Waals surface area contributed by atoms with E-state index in [9.17, 15) is 19.6 Å². The highest BCUT2D eigenvalue weighted by atomic mass is 32.1. The number of hydrogen-bond acceptors (Lipinski definition) is 8. The maximum absolute atomic E-state index is 12.9. The molecule has 0 fully saturated rings. The molecule has 0 spiro atoms. The molecule has 0 amide bonds. The Morgan fingerprint density at radius 3 is 2.30 bits per heavy atom. The van der Waals surface area contributed by atoms with E-state index in [1.54, 1.807) is 45.0 Å². The molecule has 33 heavy (non-hydrogen) atoms. The van der Waals surface area contributed by atoms with Gasteiger partial charge in [0.1, 0.15) is 23.3 Å². The molecule has 0 N–H and O–H groups in total. The predicted molar refractivity (Wildman–Crippen MR) is 124 cm³/mol. The van der Waals surface area contributed by atoms with Gasteiger partial charge < -0.3 is 14.2 Å². The Kier molecular flexibility index (Phi) is 9.41. The van der Waals surface area contributed by atoms with Gasteiger partial charge >= 0.3 is 11.9 Å². The molecule has 0 atom stereocenters. The topological polar surface area (TPSA) is 103 Å². The van der Waals surface area contributed by atoms with E-state index in [1.165, 1.54) is 6.08 Å². The summed E-state index contributed by atoms with van der Waals surface area (Å²) in [6.45, 7) is 5.39. The van der Waals surface area contributed by atoms with Crippen LogP contribution in [0.5, 0.6) is 5.75 Å². The van der Waals surface area contributed by atoms with E-state index in [1.807, 2.05) is 6.07 Å². The molecule has 2 rings (SSSR count). The molecule has 1 aromatic carbocycles. The first-order valence-corrected chi connectivity index (χ1v) is 11.0. The maximum atomic E-state index is 12.9. The fourth-order valence-electron chi connectivity index (χ4n) is 2.93. The Morgan fingerprint density at radius 1 is 1.09 bits per heavy atom. The molecule has 1 aromatic heterocycles. The zero-order valence-corrected chi connectivity index (χ0v) is 19.4. The third-order valence-electron chi connectivity index (χ3n) is 4.42. The van der Waals surface area contributed by atoms with Crippen LogP contribution in [0.2, 0.25) is 0 Å². The van der Waals surface area contributed by atoms with Gasteiger partial charge in [-0.3, -0.25) is 4.79 Å². The summed E-state index contributed by atoms with van der Waals surface area (Å²) in [6, 6.07) is 8.64. The molecular weight excluding hydrogens is 442 g/mol. The number of nitrogens with zero attached hydrogens (tertiary/aromatic N) is 1. The molecule has 0 radical (unpaired) electrons. The number of terminal acetylenes is 1. The van der Waals surface area contributed by atoms with Crippen LogP contribution in [0, 0.1) is 30.6 Å². The number of carbonyl (C=O) groups is 3. The molecule has 0 aliphatic heterocycles. The smallest absolute Gasteiger partial charge is 0.348 e. The van der Waals surface area contributed by atoms with E-state index in [4.69, 9.17) is 20.6 Å². The van der Waals surface area contributed by atoms with E-state index < -0.39 is 17.7 Å². The van der Waals surface area contributed by atoms with Crippen molar-refractivity contribution in [3.05, 3.63) is 56.3 Å². The van der Waals surface area contributed by atoms with Gasteiger partial charge in [0, 0.05) is 11.3 Å². The Labute approximate surface area is 196 Å². The van der Waals surface area contributed by atoms with Crippen LogP contribution < -0.4 is 4.74 Å². The number of hydrogen-bond donors (Lipinski definition) is 0. The average molecular weight is 466 g/mol. The SMILES string of the molecule is C#CCOc1ccc(/C=C(\C#N)C(=O)Cc2sc(C(=O)OCC)c(C)c2C(=O)OCC)cc1. The van der Waals surface area contributed by atoms with Crippen LogP contribution in [0.15, 0.2) is 29.8 Å². The highest BCUT2D eigenvalue weighted by molar-refractivity contribution is 7.14.